The maximum atomic E-state index is 11.3. The van der Waals surface area contributed by atoms with Crippen LogP contribution in [-0.4, -0.2) is 32.3 Å². The molecule has 21 heavy (non-hydrogen) atoms. The number of allylic oxidation sites excluding steroid dienone is 1. The normalized spacial score (nSPS) is 12.3. The predicted molar refractivity (Wildman–Crippen MR) is 80.0 cm³/mol. The van der Waals surface area contributed by atoms with E-state index in [1.54, 1.807) is 45.5 Å². The first kappa shape index (κ1) is 17.6. The van der Waals surface area contributed by atoms with E-state index in [-0.39, 0.29) is 5.97 Å². The molecule has 0 aliphatic rings. The van der Waals surface area contributed by atoms with Crippen LogP contribution in [0.5, 0.6) is 0 Å². The zero-order valence-electron chi connectivity index (χ0n) is 12.7. The molecule has 0 amide bonds. The molecule has 0 bridgehead atoms. The van der Waals surface area contributed by atoms with Crippen molar-refractivity contribution in [3.8, 4) is 0 Å². The number of carbonyl (C=O) groups is 1. The Hall–Kier alpha value is -1.43. The predicted octanol–water partition coefficient (Wildman–Crippen LogP) is 3.08. The number of methoxy groups -OCH3 is 3. The summed E-state index contributed by atoms with van der Waals surface area (Å²) in [5.41, 5.74) is 1.13. The van der Waals surface area contributed by atoms with Gasteiger partial charge in [0.1, 0.15) is 5.69 Å². The molecule has 0 unspecified atom stereocenters. The quantitative estimate of drug-likeness (QED) is 0.440. The Balaban J connectivity index is 2.90. The molecule has 0 aliphatic heterocycles. The molecule has 1 rings (SSSR count). The summed E-state index contributed by atoms with van der Waals surface area (Å²) in [5, 5.41) is 0.555. The number of nitrogens with zero attached hydrogens (tertiary/aromatic N) is 1. The van der Waals surface area contributed by atoms with Crippen molar-refractivity contribution in [2.45, 2.75) is 25.6 Å². The van der Waals surface area contributed by atoms with Gasteiger partial charge in [-0.1, -0.05) is 17.7 Å². The summed E-state index contributed by atoms with van der Waals surface area (Å²) in [6.07, 6.45) is 4.43. The second-order valence-electron chi connectivity index (χ2n) is 4.44. The first-order chi connectivity index (χ1) is 9.99. The fourth-order valence-electron chi connectivity index (χ4n) is 1.96. The molecule has 0 spiro atoms. The van der Waals surface area contributed by atoms with Gasteiger partial charge in [0.25, 0.3) is 0 Å². The molecule has 1 aromatic heterocycles. The Morgan fingerprint density at radius 1 is 1.38 bits per heavy atom. The van der Waals surface area contributed by atoms with Crippen LogP contribution in [0.4, 0.5) is 0 Å². The van der Waals surface area contributed by atoms with E-state index in [9.17, 15) is 4.79 Å². The van der Waals surface area contributed by atoms with Crippen molar-refractivity contribution >= 4 is 17.6 Å². The van der Waals surface area contributed by atoms with E-state index in [1.807, 2.05) is 0 Å². The molecule has 0 saturated carbocycles. The van der Waals surface area contributed by atoms with E-state index in [2.05, 4.69) is 9.72 Å². The van der Waals surface area contributed by atoms with E-state index in [0.717, 1.165) is 0 Å². The van der Waals surface area contributed by atoms with Crippen molar-refractivity contribution in [1.82, 2.24) is 4.98 Å². The molecule has 0 atom stereocenters. The van der Waals surface area contributed by atoms with Gasteiger partial charge in [0, 0.05) is 37.4 Å². The average molecular weight is 314 g/mol. The topological polar surface area (TPSA) is 57.7 Å². The number of halogens is 1. The Morgan fingerprint density at radius 3 is 2.57 bits per heavy atom. The van der Waals surface area contributed by atoms with Crippen molar-refractivity contribution < 1.29 is 19.0 Å². The minimum atomic E-state index is -1.00. The third-order valence-corrected chi connectivity index (χ3v) is 3.44. The molecule has 5 nitrogen and oxygen atoms in total. The van der Waals surface area contributed by atoms with E-state index in [0.29, 0.717) is 29.1 Å². The molecule has 1 heterocycles. The standard InChI is InChI=1S/C15H20ClNO4/c1-11(14(18)19-2)6-5-8-15(20-3,21-4)13-10-12(16)7-9-17-13/h6-7,9-10H,5,8H2,1-4H3. The van der Waals surface area contributed by atoms with Gasteiger partial charge >= 0.3 is 5.97 Å². The van der Waals surface area contributed by atoms with Crippen LogP contribution in [0.25, 0.3) is 0 Å². The number of hydrogen-bond donors (Lipinski definition) is 0. The second kappa shape index (κ2) is 8.12. The highest BCUT2D eigenvalue weighted by atomic mass is 35.5. The Bertz CT molecular complexity index is 512. The number of pyridine rings is 1. The maximum absolute atomic E-state index is 11.3. The van der Waals surface area contributed by atoms with Crippen molar-refractivity contribution in [1.29, 1.82) is 0 Å². The zero-order chi connectivity index (χ0) is 15.9. The highest BCUT2D eigenvalue weighted by Gasteiger charge is 2.33. The molecule has 6 heteroatoms. The van der Waals surface area contributed by atoms with Gasteiger partial charge in [0.05, 0.1) is 7.11 Å². The molecule has 0 N–H and O–H groups in total. The molecule has 0 fully saturated rings. The minimum absolute atomic E-state index is 0.351. The van der Waals surface area contributed by atoms with E-state index in [1.165, 1.54) is 7.11 Å². The third kappa shape index (κ3) is 4.52. The lowest BCUT2D eigenvalue weighted by molar-refractivity contribution is -0.222. The number of esters is 1. The van der Waals surface area contributed by atoms with Crippen LogP contribution in [0.3, 0.4) is 0 Å². The fourth-order valence-corrected chi connectivity index (χ4v) is 2.12. The van der Waals surface area contributed by atoms with Crippen molar-refractivity contribution in [2.24, 2.45) is 0 Å². The lowest BCUT2D eigenvalue weighted by atomic mass is 10.0. The van der Waals surface area contributed by atoms with Gasteiger partial charge in [-0.05, 0) is 25.5 Å². The van der Waals surface area contributed by atoms with Gasteiger partial charge in [-0.3, -0.25) is 4.98 Å². The Morgan fingerprint density at radius 2 is 2.05 bits per heavy atom. The van der Waals surface area contributed by atoms with Crippen molar-refractivity contribution in [3.63, 3.8) is 0 Å². The van der Waals surface area contributed by atoms with Gasteiger partial charge in [0.2, 0.25) is 5.79 Å². The fraction of sp³-hybridized carbons (Fsp3) is 0.467. The summed E-state index contributed by atoms with van der Waals surface area (Å²) in [6.45, 7) is 1.70. The third-order valence-electron chi connectivity index (χ3n) is 3.20. The summed E-state index contributed by atoms with van der Waals surface area (Å²) in [5.74, 6) is -1.35. The monoisotopic (exact) mass is 313 g/mol. The van der Waals surface area contributed by atoms with Crippen LogP contribution in [0.2, 0.25) is 5.02 Å². The molecule has 0 saturated heterocycles. The molecule has 0 aliphatic carbocycles. The molecule has 116 valence electrons. The van der Waals surface area contributed by atoms with Crippen LogP contribution < -0.4 is 0 Å². The number of rotatable bonds is 7. The van der Waals surface area contributed by atoms with Gasteiger partial charge in [-0.25, -0.2) is 4.79 Å². The molecule has 1 aromatic rings. The van der Waals surface area contributed by atoms with Crippen molar-refractivity contribution in [3.05, 3.63) is 40.7 Å². The average Bonchev–Trinajstić information content (AvgIpc) is 2.51. The molecular weight excluding hydrogens is 294 g/mol. The smallest absolute Gasteiger partial charge is 0.333 e. The van der Waals surface area contributed by atoms with Crippen LogP contribution in [0.15, 0.2) is 30.0 Å². The number of hydrogen-bond acceptors (Lipinski definition) is 5. The summed E-state index contributed by atoms with van der Waals surface area (Å²) in [4.78, 5) is 15.6. The summed E-state index contributed by atoms with van der Waals surface area (Å²) in [6, 6.07) is 3.38. The SMILES string of the molecule is COC(=O)C(C)=CCCC(OC)(OC)c1cc(Cl)ccn1. The van der Waals surface area contributed by atoms with Crippen LogP contribution >= 0.6 is 11.6 Å². The molecular formula is C15H20ClNO4. The Kier molecular flexibility index (Phi) is 6.81. The lowest BCUT2D eigenvalue weighted by Crippen LogP contribution is -2.31. The van der Waals surface area contributed by atoms with Crippen molar-refractivity contribution in [2.75, 3.05) is 21.3 Å². The maximum Gasteiger partial charge on any atom is 0.333 e. The zero-order valence-corrected chi connectivity index (χ0v) is 13.4. The van der Waals surface area contributed by atoms with E-state index < -0.39 is 5.79 Å². The second-order valence-corrected chi connectivity index (χ2v) is 4.87. The first-order valence-electron chi connectivity index (χ1n) is 6.46. The molecule has 0 aromatic carbocycles. The summed E-state index contributed by atoms with van der Waals surface area (Å²) in [7, 11) is 4.44. The van der Waals surface area contributed by atoms with Gasteiger partial charge in [-0.2, -0.15) is 0 Å². The Labute approximate surface area is 129 Å². The summed E-state index contributed by atoms with van der Waals surface area (Å²) >= 11 is 5.99. The van der Waals surface area contributed by atoms with Crippen LogP contribution in [0.1, 0.15) is 25.5 Å². The number of carbonyl (C=O) groups excluding carboxylic acids is 1. The number of ether oxygens (including phenoxy) is 3. The minimum Gasteiger partial charge on any atom is -0.466 e. The van der Waals surface area contributed by atoms with Gasteiger partial charge in [-0.15, -0.1) is 0 Å². The molecule has 0 radical (unpaired) electrons. The lowest BCUT2D eigenvalue weighted by Gasteiger charge is -2.30. The van der Waals surface area contributed by atoms with Crippen LogP contribution in [0, 0.1) is 0 Å². The van der Waals surface area contributed by atoms with Crippen LogP contribution in [-0.2, 0) is 24.8 Å². The summed E-state index contributed by atoms with van der Waals surface area (Å²) < 4.78 is 15.7. The first-order valence-corrected chi connectivity index (χ1v) is 6.84. The van der Waals surface area contributed by atoms with Gasteiger partial charge < -0.3 is 14.2 Å². The van der Waals surface area contributed by atoms with Gasteiger partial charge in [0.15, 0.2) is 0 Å². The highest BCUT2D eigenvalue weighted by molar-refractivity contribution is 6.30. The van der Waals surface area contributed by atoms with E-state index >= 15 is 0 Å². The largest absolute Gasteiger partial charge is 0.466 e. The highest BCUT2D eigenvalue weighted by Crippen LogP contribution is 2.31. The number of aromatic nitrogens is 1. The van der Waals surface area contributed by atoms with E-state index in [4.69, 9.17) is 21.1 Å².